The number of rotatable bonds is 5. The van der Waals surface area contributed by atoms with E-state index in [0.29, 0.717) is 5.92 Å². The van der Waals surface area contributed by atoms with E-state index in [1.807, 2.05) is 26.0 Å². The minimum atomic E-state index is 0.0918. The van der Waals surface area contributed by atoms with Crippen molar-refractivity contribution in [2.75, 3.05) is 20.2 Å². The van der Waals surface area contributed by atoms with Gasteiger partial charge in [-0.25, -0.2) is 0 Å². The first-order valence-electron chi connectivity index (χ1n) is 10.6. The number of para-hydroxylation sites is 1. The van der Waals surface area contributed by atoms with Gasteiger partial charge in [0.05, 0.1) is 6.61 Å². The number of ether oxygens (including phenoxy) is 1. The fourth-order valence-corrected chi connectivity index (χ4v) is 4.20. The number of hydrogen-bond donors (Lipinski definition) is 3. The minimum absolute atomic E-state index is 0.0918. The Morgan fingerprint density at radius 3 is 2.86 bits per heavy atom. The number of carbonyl (C=O) groups is 1. The van der Waals surface area contributed by atoms with Crippen LogP contribution in [0, 0.1) is 5.92 Å². The van der Waals surface area contributed by atoms with Crippen molar-refractivity contribution in [3.63, 3.8) is 0 Å². The van der Waals surface area contributed by atoms with Crippen LogP contribution < -0.4 is 20.7 Å². The van der Waals surface area contributed by atoms with Crippen LogP contribution in [0.3, 0.4) is 0 Å². The maximum Gasteiger partial charge on any atom is 0.223 e. The molecule has 3 rings (SSSR count). The van der Waals surface area contributed by atoms with E-state index in [9.17, 15) is 4.79 Å². The average Bonchev–Trinajstić information content (AvgIpc) is 2.70. The number of hydrogen-bond acceptors (Lipinski definition) is 3. The lowest BCUT2D eigenvalue weighted by atomic mass is 9.85. The molecule has 1 aliphatic carbocycles. The normalized spacial score (nSPS) is 24.9. The van der Waals surface area contributed by atoms with Gasteiger partial charge in [-0.3, -0.25) is 9.79 Å². The molecule has 1 heterocycles. The molecule has 1 fully saturated rings. The van der Waals surface area contributed by atoms with Crippen LogP contribution in [0.5, 0.6) is 5.75 Å². The van der Waals surface area contributed by atoms with Gasteiger partial charge in [-0.2, -0.15) is 0 Å². The molecular formula is C22H34N4O2. The van der Waals surface area contributed by atoms with Crippen molar-refractivity contribution in [2.24, 2.45) is 10.9 Å². The number of amides is 1. The molecular weight excluding hydrogens is 352 g/mol. The van der Waals surface area contributed by atoms with Crippen molar-refractivity contribution >= 4 is 11.9 Å². The Morgan fingerprint density at radius 2 is 2.07 bits per heavy atom. The number of aliphatic imine (C=N–C) groups is 1. The SMILES string of the molecule is CN=C(NCC1CCOc2ccccc21)NC1CCCC(C(=O)NC(C)C)C1. The molecule has 3 atom stereocenters. The largest absolute Gasteiger partial charge is 0.493 e. The van der Waals surface area contributed by atoms with E-state index < -0.39 is 0 Å². The molecule has 6 heteroatoms. The number of carbonyl (C=O) groups excluding carboxylic acids is 1. The predicted octanol–water partition coefficient (Wildman–Crippen LogP) is 2.80. The van der Waals surface area contributed by atoms with E-state index in [4.69, 9.17) is 4.74 Å². The second-order valence-corrected chi connectivity index (χ2v) is 8.19. The van der Waals surface area contributed by atoms with Crippen molar-refractivity contribution < 1.29 is 9.53 Å². The predicted molar refractivity (Wildman–Crippen MR) is 113 cm³/mol. The highest BCUT2D eigenvalue weighted by Gasteiger charge is 2.28. The smallest absolute Gasteiger partial charge is 0.223 e. The molecule has 3 N–H and O–H groups in total. The molecule has 1 amide bonds. The summed E-state index contributed by atoms with van der Waals surface area (Å²) in [6, 6.07) is 8.75. The Bertz CT molecular complexity index is 689. The van der Waals surface area contributed by atoms with Crippen molar-refractivity contribution in [3.05, 3.63) is 29.8 Å². The van der Waals surface area contributed by atoms with Gasteiger partial charge in [0.2, 0.25) is 5.91 Å². The van der Waals surface area contributed by atoms with Crippen LogP contribution in [-0.4, -0.2) is 44.1 Å². The monoisotopic (exact) mass is 386 g/mol. The summed E-state index contributed by atoms with van der Waals surface area (Å²) in [7, 11) is 1.80. The van der Waals surface area contributed by atoms with Crippen LogP contribution in [0.2, 0.25) is 0 Å². The van der Waals surface area contributed by atoms with Gasteiger partial charge in [0.15, 0.2) is 5.96 Å². The Labute approximate surface area is 168 Å². The topological polar surface area (TPSA) is 74.8 Å². The lowest BCUT2D eigenvalue weighted by molar-refractivity contribution is -0.126. The number of benzene rings is 1. The number of fused-ring (bicyclic) bond motifs is 1. The van der Waals surface area contributed by atoms with E-state index in [0.717, 1.165) is 57.0 Å². The van der Waals surface area contributed by atoms with Gasteiger partial charge in [-0.15, -0.1) is 0 Å². The molecule has 6 nitrogen and oxygen atoms in total. The van der Waals surface area contributed by atoms with Gasteiger partial charge in [0.1, 0.15) is 5.75 Å². The van der Waals surface area contributed by atoms with Crippen molar-refractivity contribution in [1.82, 2.24) is 16.0 Å². The molecule has 0 aromatic heterocycles. The number of nitrogens with one attached hydrogen (secondary N) is 3. The summed E-state index contributed by atoms with van der Waals surface area (Å²) >= 11 is 0. The molecule has 1 aliphatic heterocycles. The average molecular weight is 387 g/mol. The third-order valence-electron chi connectivity index (χ3n) is 5.64. The summed E-state index contributed by atoms with van der Waals surface area (Å²) in [6.45, 7) is 5.60. The zero-order valence-electron chi connectivity index (χ0n) is 17.3. The second-order valence-electron chi connectivity index (χ2n) is 8.19. The van der Waals surface area contributed by atoms with Crippen LogP contribution in [0.1, 0.15) is 57.4 Å². The second kappa shape index (κ2) is 9.80. The van der Waals surface area contributed by atoms with Gasteiger partial charge >= 0.3 is 0 Å². The van der Waals surface area contributed by atoms with Crippen LogP contribution in [0.25, 0.3) is 0 Å². The summed E-state index contributed by atoms with van der Waals surface area (Å²) in [5.74, 6) is 2.51. The Hall–Kier alpha value is -2.24. The molecule has 0 bridgehead atoms. The maximum absolute atomic E-state index is 12.4. The number of guanidine groups is 1. The lowest BCUT2D eigenvalue weighted by Gasteiger charge is -2.31. The third-order valence-corrected chi connectivity index (χ3v) is 5.64. The Kier molecular flexibility index (Phi) is 7.18. The molecule has 0 saturated heterocycles. The molecule has 0 radical (unpaired) electrons. The molecule has 154 valence electrons. The van der Waals surface area contributed by atoms with Crippen LogP contribution in [0.15, 0.2) is 29.3 Å². The van der Waals surface area contributed by atoms with Crippen LogP contribution >= 0.6 is 0 Å². The third kappa shape index (κ3) is 5.40. The van der Waals surface area contributed by atoms with E-state index in [1.54, 1.807) is 7.05 Å². The highest BCUT2D eigenvalue weighted by Crippen LogP contribution is 2.32. The van der Waals surface area contributed by atoms with Gasteiger partial charge in [0.25, 0.3) is 0 Å². The van der Waals surface area contributed by atoms with Crippen LogP contribution in [0.4, 0.5) is 0 Å². The zero-order valence-corrected chi connectivity index (χ0v) is 17.3. The highest BCUT2D eigenvalue weighted by atomic mass is 16.5. The quantitative estimate of drug-likeness (QED) is 0.537. The van der Waals surface area contributed by atoms with E-state index in [2.05, 4.69) is 33.1 Å². The molecule has 3 unspecified atom stereocenters. The van der Waals surface area contributed by atoms with E-state index in [1.165, 1.54) is 5.56 Å². The molecule has 1 aromatic rings. The fraction of sp³-hybridized carbons (Fsp3) is 0.636. The Morgan fingerprint density at radius 1 is 1.25 bits per heavy atom. The van der Waals surface area contributed by atoms with Gasteiger partial charge in [0, 0.05) is 37.5 Å². The van der Waals surface area contributed by atoms with E-state index >= 15 is 0 Å². The van der Waals surface area contributed by atoms with Crippen molar-refractivity contribution in [1.29, 1.82) is 0 Å². The molecule has 28 heavy (non-hydrogen) atoms. The van der Waals surface area contributed by atoms with Gasteiger partial charge in [-0.05, 0) is 51.2 Å². The highest BCUT2D eigenvalue weighted by molar-refractivity contribution is 5.81. The summed E-state index contributed by atoms with van der Waals surface area (Å²) in [5.41, 5.74) is 1.26. The van der Waals surface area contributed by atoms with Crippen LogP contribution in [-0.2, 0) is 4.79 Å². The van der Waals surface area contributed by atoms with Gasteiger partial charge < -0.3 is 20.7 Å². The molecule has 1 saturated carbocycles. The molecule has 0 spiro atoms. The standard InChI is InChI=1S/C22H34N4O2/c1-15(2)25-21(27)16-7-6-8-18(13-16)26-22(23-3)24-14-17-11-12-28-20-10-5-4-9-19(17)20/h4-5,9-10,15-18H,6-8,11-14H2,1-3H3,(H,25,27)(H2,23,24,26). The molecule has 1 aromatic carbocycles. The first-order chi connectivity index (χ1) is 13.6. The first kappa shape index (κ1) is 20.5. The fourth-order valence-electron chi connectivity index (χ4n) is 4.20. The summed E-state index contributed by atoms with van der Waals surface area (Å²) < 4.78 is 5.76. The summed E-state index contributed by atoms with van der Waals surface area (Å²) in [5, 5.41) is 10.1. The zero-order chi connectivity index (χ0) is 19.9. The van der Waals surface area contributed by atoms with Crippen molar-refractivity contribution in [3.8, 4) is 5.75 Å². The Balaban J connectivity index is 1.52. The first-order valence-corrected chi connectivity index (χ1v) is 10.6. The molecule has 2 aliphatic rings. The minimum Gasteiger partial charge on any atom is -0.493 e. The van der Waals surface area contributed by atoms with Crippen molar-refractivity contribution in [2.45, 2.75) is 64.0 Å². The van der Waals surface area contributed by atoms with Gasteiger partial charge in [-0.1, -0.05) is 24.6 Å². The summed E-state index contributed by atoms with van der Waals surface area (Å²) in [4.78, 5) is 16.8. The lowest BCUT2D eigenvalue weighted by Crippen LogP contribution is -2.48. The van der Waals surface area contributed by atoms with E-state index in [-0.39, 0.29) is 23.9 Å². The maximum atomic E-state index is 12.4. The summed E-state index contributed by atoms with van der Waals surface area (Å²) in [6.07, 6.45) is 4.98. The number of nitrogens with zero attached hydrogens (tertiary/aromatic N) is 1.